The van der Waals surface area contributed by atoms with Gasteiger partial charge in [-0.15, -0.1) is 0 Å². The smallest absolute Gasteiger partial charge is 0.257 e. The fourth-order valence-electron chi connectivity index (χ4n) is 2.77. The van der Waals surface area contributed by atoms with Crippen LogP contribution in [0.4, 0.5) is 0 Å². The Labute approximate surface area is 126 Å². The Morgan fingerprint density at radius 2 is 2.14 bits per heavy atom. The van der Waals surface area contributed by atoms with Crippen molar-refractivity contribution in [3.8, 4) is 11.5 Å². The highest BCUT2D eigenvalue weighted by Crippen LogP contribution is 2.27. The Kier molecular flexibility index (Phi) is 5.07. The van der Waals surface area contributed by atoms with E-state index in [1.807, 2.05) is 11.8 Å². The van der Waals surface area contributed by atoms with Gasteiger partial charge in [0.25, 0.3) is 5.91 Å². The molecule has 1 aliphatic heterocycles. The van der Waals surface area contributed by atoms with Crippen molar-refractivity contribution in [2.24, 2.45) is 11.7 Å². The lowest BCUT2D eigenvalue weighted by atomic mass is 9.92. The fraction of sp³-hybridized carbons (Fsp3) is 0.562. The van der Waals surface area contributed by atoms with Crippen LogP contribution in [0.25, 0.3) is 0 Å². The van der Waals surface area contributed by atoms with Gasteiger partial charge < -0.3 is 20.1 Å². The molecule has 1 heterocycles. The summed E-state index contributed by atoms with van der Waals surface area (Å²) in [6.07, 6.45) is 2.08. The van der Waals surface area contributed by atoms with E-state index in [9.17, 15) is 4.79 Å². The topological polar surface area (TPSA) is 64.8 Å². The van der Waals surface area contributed by atoms with Crippen molar-refractivity contribution in [1.29, 1.82) is 0 Å². The molecule has 21 heavy (non-hydrogen) atoms. The van der Waals surface area contributed by atoms with Crippen LogP contribution in [0.15, 0.2) is 18.2 Å². The second-order valence-corrected chi connectivity index (χ2v) is 5.58. The third kappa shape index (κ3) is 3.47. The van der Waals surface area contributed by atoms with Crippen LogP contribution in [0.5, 0.6) is 11.5 Å². The molecule has 1 aromatic rings. The summed E-state index contributed by atoms with van der Waals surface area (Å²) < 4.78 is 10.5. The lowest BCUT2D eigenvalue weighted by molar-refractivity contribution is 0.0657. The lowest BCUT2D eigenvalue weighted by Gasteiger charge is -2.34. The van der Waals surface area contributed by atoms with E-state index in [1.54, 1.807) is 32.4 Å². The molecule has 1 aliphatic rings. The quantitative estimate of drug-likeness (QED) is 0.920. The fourth-order valence-corrected chi connectivity index (χ4v) is 2.77. The molecule has 116 valence electrons. The molecule has 0 bridgehead atoms. The van der Waals surface area contributed by atoms with Gasteiger partial charge in [-0.1, -0.05) is 0 Å². The first-order valence-electron chi connectivity index (χ1n) is 7.33. The van der Waals surface area contributed by atoms with E-state index >= 15 is 0 Å². The summed E-state index contributed by atoms with van der Waals surface area (Å²) >= 11 is 0. The Balaban J connectivity index is 2.19. The Morgan fingerprint density at radius 3 is 2.76 bits per heavy atom. The molecule has 2 N–H and O–H groups in total. The minimum atomic E-state index is -0.000136. The van der Waals surface area contributed by atoms with E-state index < -0.39 is 0 Å². The standard InChI is InChI=1S/C16H24N2O3/c1-11(17)12-5-4-8-18(10-12)16(19)14-7-6-13(20-2)9-15(14)21-3/h6-7,9,11-12H,4-5,8,10,17H2,1-3H3. The Bertz CT molecular complexity index is 502. The van der Waals surface area contributed by atoms with Crippen LogP contribution in [0.1, 0.15) is 30.1 Å². The van der Waals surface area contributed by atoms with Crippen molar-refractivity contribution in [2.45, 2.75) is 25.8 Å². The third-order valence-corrected chi connectivity index (χ3v) is 4.13. The van der Waals surface area contributed by atoms with Gasteiger partial charge in [0, 0.05) is 25.2 Å². The van der Waals surface area contributed by atoms with Crippen LogP contribution in [-0.4, -0.2) is 44.2 Å². The van der Waals surface area contributed by atoms with Gasteiger partial charge in [-0.25, -0.2) is 0 Å². The van der Waals surface area contributed by atoms with Crippen LogP contribution in [0, 0.1) is 5.92 Å². The first-order valence-corrected chi connectivity index (χ1v) is 7.33. The van der Waals surface area contributed by atoms with Gasteiger partial charge >= 0.3 is 0 Å². The van der Waals surface area contributed by atoms with E-state index in [-0.39, 0.29) is 11.9 Å². The lowest BCUT2D eigenvalue weighted by Crippen LogP contribution is -2.45. The number of piperidine rings is 1. The average Bonchev–Trinajstić information content (AvgIpc) is 2.53. The molecule has 5 nitrogen and oxygen atoms in total. The summed E-state index contributed by atoms with van der Waals surface area (Å²) in [6.45, 7) is 3.50. The molecular formula is C16H24N2O3. The van der Waals surface area contributed by atoms with Gasteiger partial charge in [-0.05, 0) is 37.8 Å². The number of nitrogens with two attached hydrogens (primary N) is 1. The maximum absolute atomic E-state index is 12.7. The molecule has 0 radical (unpaired) electrons. The minimum absolute atomic E-state index is 0.000136. The molecule has 1 amide bonds. The molecule has 2 unspecified atom stereocenters. The van der Waals surface area contributed by atoms with Crippen LogP contribution in [-0.2, 0) is 0 Å². The first-order chi connectivity index (χ1) is 10.1. The third-order valence-electron chi connectivity index (χ3n) is 4.13. The van der Waals surface area contributed by atoms with Gasteiger partial charge in [0.05, 0.1) is 19.8 Å². The summed E-state index contributed by atoms with van der Waals surface area (Å²) in [7, 11) is 3.15. The van der Waals surface area contributed by atoms with Crippen molar-refractivity contribution in [3.05, 3.63) is 23.8 Å². The number of benzene rings is 1. The van der Waals surface area contributed by atoms with Gasteiger partial charge in [0.15, 0.2) is 0 Å². The summed E-state index contributed by atoms with van der Waals surface area (Å²) in [5.74, 6) is 1.59. The largest absolute Gasteiger partial charge is 0.497 e. The normalized spacial score (nSPS) is 20.0. The summed E-state index contributed by atoms with van der Waals surface area (Å²) in [6, 6.07) is 5.39. The molecule has 0 saturated carbocycles. The Morgan fingerprint density at radius 1 is 1.38 bits per heavy atom. The molecule has 1 aromatic carbocycles. The van der Waals surface area contributed by atoms with Crippen molar-refractivity contribution in [2.75, 3.05) is 27.3 Å². The highest BCUT2D eigenvalue weighted by molar-refractivity contribution is 5.97. The summed E-state index contributed by atoms with van der Waals surface area (Å²) in [5.41, 5.74) is 6.56. The predicted molar refractivity (Wildman–Crippen MR) is 81.8 cm³/mol. The molecule has 2 rings (SSSR count). The van der Waals surface area contributed by atoms with E-state index in [0.29, 0.717) is 29.5 Å². The van der Waals surface area contributed by atoms with Gasteiger partial charge in [-0.3, -0.25) is 4.79 Å². The summed E-state index contributed by atoms with van der Waals surface area (Å²) in [4.78, 5) is 14.6. The number of hydrogen-bond donors (Lipinski definition) is 1. The van der Waals surface area contributed by atoms with Crippen molar-refractivity contribution >= 4 is 5.91 Å². The van der Waals surface area contributed by atoms with Crippen LogP contribution in [0.2, 0.25) is 0 Å². The van der Waals surface area contributed by atoms with Crippen LogP contribution >= 0.6 is 0 Å². The number of likely N-dealkylation sites (tertiary alicyclic amines) is 1. The highest BCUT2D eigenvalue weighted by atomic mass is 16.5. The molecule has 5 heteroatoms. The van der Waals surface area contributed by atoms with E-state index in [1.165, 1.54) is 0 Å². The Hall–Kier alpha value is -1.75. The predicted octanol–water partition coefficient (Wildman–Crippen LogP) is 1.90. The molecule has 0 spiro atoms. The maximum atomic E-state index is 12.7. The second kappa shape index (κ2) is 6.80. The number of hydrogen-bond acceptors (Lipinski definition) is 4. The second-order valence-electron chi connectivity index (χ2n) is 5.58. The highest BCUT2D eigenvalue weighted by Gasteiger charge is 2.27. The average molecular weight is 292 g/mol. The van der Waals surface area contributed by atoms with Crippen LogP contribution < -0.4 is 15.2 Å². The zero-order valence-electron chi connectivity index (χ0n) is 13.0. The van der Waals surface area contributed by atoms with Crippen molar-refractivity contribution in [3.63, 3.8) is 0 Å². The molecule has 0 aromatic heterocycles. The zero-order chi connectivity index (χ0) is 15.4. The maximum Gasteiger partial charge on any atom is 0.257 e. The minimum Gasteiger partial charge on any atom is -0.497 e. The number of nitrogens with zero attached hydrogens (tertiary/aromatic N) is 1. The molecule has 1 saturated heterocycles. The number of amides is 1. The number of ether oxygens (including phenoxy) is 2. The number of carbonyl (C=O) groups excluding carboxylic acids is 1. The summed E-state index contributed by atoms with van der Waals surface area (Å²) in [5, 5.41) is 0. The van der Waals surface area contributed by atoms with Gasteiger partial charge in [0.2, 0.25) is 0 Å². The first kappa shape index (κ1) is 15.6. The van der Waals surface area contributed by atoms with Crippen molar-refractivity contribution in [1.82, 2.24) is 4.90 Å². The van der Waals surface area contributed by atoms with Gasteiger partial charge in [0.1, 0.15) is 11.5 Å². The molecule has 1 fully saturated rings. The number of methoxy groups -OCH3 is 2. The van der Waals surface area contributed by atoms with Crippen molar-refractivity contribution < 1.29 is 14.3 Å². The SMILES string of the molecule is COc1ccc(C(=O)N2CCCC(C(C)N)C2)c(OC)c1. The number of rotatable bonds is 4. The van der Waals surface area contributed by atoms with Gasteiger partial charge in [-0.2, -0.15) is 0 Å². The molecule has 2 atom stereocenters. The van der Waals surface area contributed by atoms with Crippen LogP contribution in [0.3, 0.4) is 0 Å². The molecule has 0 aliphatic carbocycles. The van der Waals surface area contributed by atoms with E-state index in [4.69, 9.17) is 15.2 Å². The molecular weight excluding hydrogens is 268 g/mol. The van der Waals surface area contributed by atoms with E-state index in [2.05, 4.69) is 0 Å². The van der Waals surface area contributed by atoms with E-state index in [0.717, 1.165) is 19.4 Å². The zero-order valence-corrected chi connectivity index (χ0v) is 13.0. The number of carbonyl (C=O) groups is 1. The monoisotopic (exact) mass is 292 g/mol.